The number of fused-ring (bicyclic) bond motifs is 1. The van der Waals surface area contributed by atoms with Gasteiger partial charge >= 0.3 is 0 Å². The zero-order valence-electron chi connectivity index (χ0n) is 17.2. The number of rotatable bonds is 4. The lowest BCUT2D eigenvalue weighted by molar-refractivity contribution is -0.121. The highest BCUT2D eigenvalue weighted by Gasteiger charge is 2.30. The number of amides is 3. The maximum Gasteiger partial charge on any atom is 0.279 e. The van der Waals surface area contributed by atoms with Gasteiger partial charge in [0.2, 0.25) is 11.8 Å². The van der Waals surface area contributed by atoms with E-state index in [-0.39, 0.29) is 30.6 Å². The van der Waals surface area contributed by atoms with Crippen molar-refractivity contribution in [2.45, 2.75) is 46.1 Å². The van der Waals surface area contributed by atoms with Gasteiger partial charge in [0.1, 0.15) is 0 Å². The molecular weight excluding hydrogens is 398 g/mol. The van der Waals surface area contributed by atoms with Gasteiger partial charge in [-0.25, -0.2) is 0 Å². The van der Waals surface area contributed by atoms with Crippen molar-refractivity contribution in [3.05, 3.63) is 58.4 Å². The van der Waals surface area contributed by atoms with Gasteiger partial charge in [0.05, 0.1) is 15.9 Å². The van der Waals surface area contributed by atoms with Crippen molar-refractivity contribution in [1.29, 1.82) is 0 Å². The summed E-state index contributed by atoms with van der Waals surface area (Å²) < 4.78 is 3.15. The van der Waals surface area contributed by atoms with Gasteiger partial charge in [-0.15, -0.1) is 0 Å². The fourth-order valence-electron chi connectivity index (χ4n) is 3.61. The summed E-state index contributed by atoms with van der Waals surface area (Å²) in [6.07, 6.45) is 0.465. The summed E-state index contributed by atoms with van der Waals surface area (Å²) in [5, 5.41) is 0. The minimum absolute atomic E-state index is 0.209. The number of aryl methyl sites for hydroxylation is 1. The molecule has 2 heterocycles. The number of hydrogen-bond acceptors (Lipinski definition) is 4. The van der Waals surface area contributed by atoms with E-state index in [2.05, 4.69) is 37.0 Å². The average molecular weight is 422 g/mol. The van der Waals surface area contributed by atoms with Crippen molar-refractivity contribution in [2.24, 2.45) is 4.99 Å². The molecule has 0 spiro atoms. The fraction of sp³-hybridized carbons (Fsp3) is 0.304. The first-order valence-electron chi connectivity index (χ1n) is 10.1. The molecule has 4 rings (SSSR count). The molecular formula is C23H23N3O3S. The Balaban J connectivity index is 1.67. The van der Waals surface area contributed by atoms with E-state index < -0.39 is 0 Å². The van der Waals surface area contributed by atoms with E-state index in [0.29, 0.717) is 28.5 Å². The molecule has 0 N–H and O–H groups in total. The maximum absolute atomic E-state index is 12.8. The zero-order valence-corrected chi connectivity index (χ0v) is 18.0. The SMILES string of the molecule is CCn1c(=NC(=O)c2ccc(N3C(=O)CCC3=O)cc2)sc2cc(C(C)C)ccc21. The molecule has 30 heavy (non-hydrogen) atoms. The number of benzene rings is 2. The third kappa shape index (κ3) is 3.61. The van der Waals surface area contributed by atoms with Crippen molar-refractivity contribution in [3.8, 4) is 0 Å². The Morgan fingerprint density at radius 2 is 1.73 bits per heavy atom. The largest absolute Gasteiger partial charge is 0.317 e. The van der Waals surface area contributed by atoms with Gasteiger partial charge < -0.3 is 4.57 Å². The van der Waals surface area contributed by atoms with Crippen LogP contribution in [0.1, 0.15) is 55.5 Å². The molecule has 1 aliphatic heterocycles. The lowest BCUT2D eigenvalue weighted by atomic mass is 10.0. The molecule has 1 aliphatic rings. The van der Waals surface area contributed by atoms with E-state index in [4.69, 9.17) is 0 Å². The molecule has 1 fully saturated rings. The van der Waals surface area contributed by atoms with Crippen LogP contribution in [0.25, 0.3) is 10.2 Å². The van der Waals surface area contributed by atoms with Gasteiger partial charge in [-0.2, -0.15) is 4.99 Å². The molecule has 3 amide bonds. The number of carbonyl (C=O) groups excluding carboxylic acids is 3. The Bertz CT molecular complexity index is 1200. The number of imide groups is 1. The first kappa shape index (κ1) is 20.2. The molecule has 3 aromatic rings. The molecule has 0 saturated carbocycles. The predicted octanol–water partition coefficient (Wildman–Crippen LogP) is 4.24. The lowest BCUT2D eigenvalue weighted by Crippen LogP contribution is -2.28. The number of hydrogen-bond donors (Lipinski definition) is 0. The lowest BCUT2D eigenvalue weighted by Gasteiger charge is -2.13. The first-order valence-corrected chi connectivity index (χ1v) is 10.9. The number of anilines is 1. The van der Waals surface area contributed by atoms with E-state index in [1.165, 1.54) is 21.8 Å². The molecule has 1 saturated heterocycles. The monoisotopic (exact) mass is 421 g/mol. The Hall–Kier alpha value is -3.06. The summed E-state index contributed by atoms with van der Waals surface area (Å²) in [5.74, 6) is -0.336. The van der Waals surface area contributed by atoms with Crippen LogP contribution in [0.5, 0.6) is 0 Å². The average Bonchev–Trinajstić information content (AvgIpc) is 3.25. The van der Waals surface area contributed by atoms with Crippen LogP contribution in [-0.2, 0) is 16.1 Å². The first-order chi connectivity index (χ1) is 14.4. The molecule has 0 bridgehead atoms. The van der Waals surface area contributed by atoms with Crippen LogP contribution in [0.2, 0.25) is 0 Å². The van der Waals surface area contributed by atoms with Crippen LogP contribution in [0.4, 0.5) is 5.69 Å². The molecule has 1 aromatic heterocycles. The maximum atomic E-state index is 12.8. The van der Waals surface area contributed by atoms with Crippen LogP contribution >= 0.6 is 11.3 Å². The number of carbonyl (C=O) groups is 3. The van der Waals surface area contributed by atoms with E-state index in [9.17, 15) is 14.4 Å². The van der Waals surface area contributed by atoms with E-state index in [1.54, 1.807) is 24.3 Å². The van der Waals surface area contributed by atoms with Gasteiger partial charge in [0.25, 0.3) is 5.91 Å². The Kier molecular flexibility index (Phi) is 5.39. The number of aromatic nitrogens is 1. The van der Waals surface area contributed by atoms with Crippen molar-refractivity contribution < 1.29 is 14.4 Å². The van der Waals surface area contributed by atoms with Crippen molar-refractivity contribution in [2.75, 3.05) is 4.90 Å². The highest BCUT2D eigenvalue weighted by molar-refractivity contribution is 7.16. The summed E-state index contributed by atoms with van der Waals surface area (Å²) in [6.45, 7) is 7.06. The van der Waals surface area contributed by atoms with Crippen LogP contribution in [0.15, 0.2) is 47.5 Å². The number of nitrogens with zero attached hydrogens (tertiary/aromatic N) is 3. The smallest absolute Gasteiger partial charge is 0.279 e. The Morgan fingerprint density at radius 1 is 1.07 bits per heavy atom. The van der Waals surface area contributed by atoms with Crippen LogP contribution in [0, 0.1) is 0 Å². The van der Waals surface area contributed by atoms with E-state index in [0.717, 1.165) is 10.2 Å². The quantitative estimate of drug-likeness (QED) is 0.592. The Labute approximate surface area is 178 Å². The fourth-order valence-corrected chi connectivity index (χ4v) is 4.75. The topological polar surface area (TPSA) is 71.7 Å². The Morgan fingerprint density at radius 3 is 2.33 bits per heavy atom. The minimum Gasteiger partial charge on any atom is -0.317 e. The second-order valence-electron chi connectivity index (χ2n) is 7.60. The molecule has 6 nitrogen and oxygen atoms in total. The van der Waals surface area contributed by atoms with Gasteiger partial charge in [-0.05, 0) is 54.8 Å². The van der Waals surface area contributed by atoms with Gasteiger partial charge in [-0.1, -0.05) is 31.3 Å². The van der Waals surface area contributed by atoms with E-state index >= 15 is 0 Å². The molecule has 0 aliphatic carbocycles. The summed E-state index contributed by atoms with van der Waals surface area (Å²) in [4.78, 5) is 42.7. The van der Waals surface area contributed by atoms with E-state index in [1.807, 2.05) is 11.5 Å². The summed E-state index contributed by atoms with van der Waals surface area (Å²) in [7, 11) is 0. The summed E-state index contributed by atoms with van der Waals surface area (Å²) >= 11 is 1.51. The van der Waals surface area contributed by atoms with Gasteiger partial charge in [0, 0.05) is 24.9 Å². The van der Waals surface area contributed by atoms with Crippen molar-refractivity contribution in [1.82, 2.24) is 4.57 Å². The standard InChI is InChI=1S/C23H23N3O3S/c1-4-25-18-10-7-16(14(2)3)13-19(18)30-23(25)24-22(29)15-5-8-17(9-6-15)26-20(27)11-12-21(26)28/h5-10,13-14H,4,11-12H2,1-3H3. The highest BCUT2D eigenvalue weighted by atomic mass is 32.1. The molecule has 7 heteroatoms. The third-order valence-corrected chi connectivity index (χ3v) is 6.35. The second-order valence-corrected chi connectivity index (χ2v) is 8.61. The normalized spacial score (nSPS) is 15.1. The zero-order chi connectivity index (χ0) is 21.4. The highest BCUT2D eigenvalue weighted by Crippen LogP contribution is 2.25. The third-order valence-electron chi connectivity index (χ3n) is 5.31. The van der Waals surface area contributed by atoms with Crippen molar-refractivity contribution >= 4 is 45.0 Å². The predicted molar refractivity (Wildman–Crippen MR) is 118 cm³/mol. The van der Waals surface area contributed by atoms with Gasteiger partial charge in [0.15, 0.2) is 4.80 Å². The minimum atomic E-state index is -0.349. The molecule has 0 atom stereocenters. The van der Waals surface area contributed by atoms with Crippen LogP contribution in [0.3, 0.4) is 0 Å². The second kappa shape index (κ2) is 7.99. The van der Waals surface area contributed by atoms with Crippen LogP contribution < -0.4 is 9.70 Å². The summed E-state index contributed by atoms with van der Waals surface area (Å²) in [5.41, 5.74) is 3.23. The number of thiazole rings is 1. The van der Waals surface area contributed by atoms with Crippen LogP contribution in [-0.4, -0.2) is 22.3 Å². The van der Waals surface area contributed by atoms with Gasteiger partial charge in [-0.3, -0.25) is 19.3 Å². The molecule has 0 radical (unpaired) electrons. The molecule has 2 aromatic carbocycles. The molecule has 0 unspecified atom stereocenters. The molecule has 154 valence electrons. The summed E-state index contributed by atoms with van der Waals surface area (Å²) in [6, 6.07) is 12.8. The van der Waals surface area contributed by atoms with Crippen molar-refractivity contribution in [3.63, 3.8) is 0 Å².